The van der Waals surface area contributed by atoms with E-state index in [9.17, 15) is 17.6 Å². The molecule has 13 heteroatoms. The highest BCUT2D eigenvalue weighted by atomic mass is 19.4. The van der Waals surface area contributed by atoms with Gasteiger partial charge in [0.15, 0.2) is 11.6 Å². The van der Waals surface area contributed by atoms with Gasteiger partial charge in [0.1, 0.15) is 18.2 Å². The number of nitrogens with one attached hydrogen (secondary N) is 1. The molecule has 0 saturated heterocycles. The van der Waals surface area contributed by atoms with E-state index in [1.54, 1.807) is 6.92 Å². The molecule has 0 aliphatic rings. The number of aryl methyl sites for hydroxylation is 1. The highest BCUT2D eigenvalue weighted by Gasteiger charge is 2.27. The van der Waals surface area contributed by atoms with Gasteiger partial charge in [0.25, 0.3) is 0 Å². The average molecular weight is 439 g/mol. The Hall–Kier alpha value is -3.61. The first-order valence-electron chi connectivity index (χ1n) is 8.74. The Balaban J connectivity index is 1.97. The zero-order chi connectivity index (χ0) is 22.6. The SMILES string of the molecule is COc1ncc(Nc2nc(COCC(F)(F)F)ccc2-c2nc(C)nc(N)n2)cc1F. The third kappa shape index (κ3) is 5.94. The number of methoxy groups -OCH3 is 1. The number of nitrogens with two attached hydrogens (primary N) is 1. The van der Waals surface area contributed by atoms with Crippen LogP contribution >= 0.6 is 0 Å². The molecule has 0 aliphatic carbocycles. The molecular formula is C18H17F4N7O2. The summed E-state index contributed by atoms with van der Waals surface area (Å²) in [4.78, 5) is 20.3. The number of ether oxygens (including phenoxy) is 2. The number of aromatic nitrogens is 5. The second-order valence-corrected chi connectivity index (χ2v) is 6.21. The summed E-state index contributed by atoms with van der Waals surface area (Å²) in [6.45, 7) is -0.206. The molecule has 0 amide bonds. The summed E-state index contributed by atoms with van der Waals surface area (Å²) >= 11 is 0. The maximum atomic E-state index is 14.0. The van der Waals surface area contributed by atoms with E-state index in [-0.39, 0.29) is 34.9 Å². The van der Waals surface area contributed by atoms with E-state index >= 15 is 0 Å². The van der Waals surface area contributed by atoms with Gasteiger partial charge in [-0.25, -0.2) is 19.3 Å². The fraction of sp³-hybridized carbons (Fsp3) is 0.278. The van der Waals surface area contributed by atoms with Crippen LogP contribution in [0.2, 0.25) is 0 Å². The van der Waals surface area contributed by atoms with Crippen LogP contribution in [-0.2, 0) is 11.3 Å². The maximum absolute atomic E-state index is 14.0. The summed E-state index contributed by atoms with van der Waals surface area (Å²) in [5, 5.41) is 2.86. The van der Waals surface area contributed by atoms with Crippen LogP contribution in [0.15, 0.2) is 24.4 Å². The van der Waals surface area contributed by atoms with Gasteiger partial charge < -0.3 is 20.5 Å². The number of hydrogen-bond acceptors (Lipinski definition) is 9. The van der Waals surface area contributed by atoms with Crippen LogP contribution in [0.1, 0.15) is 11.5 Å². The van der Waals surface area contributed by atoms with Crippen molar-refractivity contribution in [2.24, 2.45) is 0 Å². The summed E-state index contributed by atoms with van der Waals surface area (Å²) in [7, 11) is 1.27. The van der Waals surface area contributed by atoms with Crippen LogP contribution in [-0.4, -0.2) is 44.8 Å². The monoisotopic (exact) mass is 439 g/mol. The summed E-state index contributed by atoms with van der Waals surface area (Å²) < 4.78 is 60.5. The largest absolute Gasteiger partial charge is 0.479 e. The lowest BCUT2D eigenvalue weighted by atomic mass is 10.2. The number of anilines is 3. The standard InChI is InChI=1S/C18H17F4N7O2/c1-9-25-14(29-17(23)26-9)12-4-3-10(7-31-8-18(20,21)22)27-15(12)28-11-5-13(19)16(30-2)24-6-11/h3-6H,7-8H2,1-2H3,(H,27,28)(H2,23,25,26,29). The zero-order valence-corrected chi connectivity index (χ0v) is 16.4. The van der Waals surface area contributed by atoms with E-state index in [2.05, 4.69) is 35.0 Å². The molecule has 0 atom stereocenters. The van der Waals surface area contributed by atoms with Crippen molar-refractivity contribution in [3.8, 4) is 17.3 Å². The van der Waals surface area contributed by atoms with Gasteiger partial charge in [0.2, 0.25) is 11.8 Å². The molecule has 3 rings (SSSR count). The van der Waals surface area contributed by atoms with Crippen LogP contribution in [0, 0.1) is 12.7 Å². The summed E-state index contributed by atoms with van der Waals surface area (Å²) in [5.41, 5.74) is 6.44. The van der Waals surface area contributed by atoms with Crippen LogP contribution in [0.5, 0.6) is 5.88 Å². The van der Waals surface area contributed by atoms with Crippen molar-refractivity contribution < 1.29 is 27.0 Å². The highest BCUT2D eigenvalue weighted by molar-refractivity contribution is 5.74. The molecule has 0 saturated carbocycles. The Kier molecular flexibility index (Phi) is 6.44. The lowest BCUT2D eigenvalue weighted by Crippen LogP contribution is -2.17. The zero-order valence-electron chi connectivity index (χ0n) is 16.4. The fourth-order valence-electron chi connectivity index (χ4n) is 2.53. The van der Waals surface area contributed by atoms with E-state index in [0.717, 1.165) is 6.07 Å². The Morgan fingerprint density at radius 3 is 2.55 bits per heavy atom. The lowest BCUT2D eigenvalue weighted by molar-refractivity contribution is -0.176. The van der Waals surface area contributed by atoms with Crippen LogP contribution in [0.3, 0.4) is 0 Å². The van der Waals surface area contributed by atoms with Crippen molar-refractivity contribution in [2.45, 2.75) is 19.7 Å². The average Bonchev–Trinajstić information content (AvgIpc) is 2.66. The van der Waals surface area contributed by atoms with Gasteiger partial charge >= 0.3 is 6.18 Å². The predicted molar refractivity (Wildman–Crippen MR) is 102 cm³/mol. The number of nitrogens with zero attached hydrogens (tertiary/aromatic N) is 5. The molecule has 0 aromatic carbocycles. The van der Waals surface area contributed by atoms with Crippen molar-refractivity contribution in [3.05, 3.63) is 41.7 Å². The van der Waals surface area contributed by atoms with Gasteiger partial charge in [-0.05, 0) is 19.1 Å². The van der Waals surface area contributed by atoms with Crippen molar-refractivity contribution in [1.29, 1.82) is 0 Å². The summed E-state index contributed by atoms with van der Waals surface area (Å²) in [6, 6.07) is 4.11. The summed E-state index contributed by atoms with van der Waals surface area (Å²) in [5.74, 6) is -0.298. The molecule has 0 unspecified atom stereocenters. The lowest BCUT2D eigenvalue weighted by Gasteiger charge is -2.14. The van der Waals surface area contributed by atoms with Gasteiger partial charge in [0.05, 0.1) is 36.9 Å². The second kappa shape index (κ2) is 9.04. The van der Waals surface area contributed by atoms with Crippen LogP contribution in [0.4, 0.5) is 35.0 Å². The van der Waals surface area contributed by atoms with E-state index in [1.807, 2.05) is 0 Å². The quantitative estimate of drug-likeness (QED) is 0.535. The van der Waals surface area contributed by atoms with E-state index in [0.29, 0.717) is 11.4 Å². The molecule has 3 heterocycles. The molecule has 3 N–H and O–H groups in total. The molecule has 0 fully saturated rings. The topological polar surface area (TPSA) is 121 Å². The minimum atomic E-state index is -4.47. The fourth-order valence-corrected chi connectivity index (χ4v) is 2.53. The molecule has 3 aromatic rings. The molecule has 0 bridgehead atoms. The highest BCUT2D eigenvalue weighted by Crippen LogP contribution is 2.28. The minimum Gasteiger partial charge on any atom is -0.479 e. The number of nitrogen functional groups attached to an aromatic ring is 1. The molecular weight excluding hydrogens is 422 g/mol. The number of alkyl halides is 3. The van der Waals surface area contributed by atoms with Crippen molar-refractivity contribution in [3.63, 3.8) is 0 Å². The number of pyridine rings is 2. The van der Waals surface area contributed by atoms with E-state index in [1.165, 1.54) is 25.4 Å². The smallest absolute Gasteiger partial charge is 0.411 e. The van der Waals surface area contributed by atoms with Gasteiger partial charge in [-0.2, -0.15) is 23.1 Å². The van der Waals surface area contributed by atoms with Crippen LogP contribution in [0.25, 0.3) is 11.4 Å². The van der Waals surface area contributed by atoms with E-state index in [4.69, 9.17) is 10.5 Å². The summed E-state index contributed by atoms with van der Waals surface area (Å²) in [6.07, 6.45) is -3.17. The normalized spacial score (nSPS) is 11.4. The predicted octanol–water partition coefficient (Wildman–Crippen LogP) is 3.19. The van der Waals surface area contributed by atoms with Gasteiger partial charge in [-0.3, -0.25) is 0 Å². The third-order valence-corrected chi connectivity index (χ3v) is 3.74. The van der Waals surface area contributed by atoms with Gasteiger partial charge in [0, 0.05) is 6.07 Å². The van der Waals surface area contributed by atoms with Crippen molar-refractivity contribution in [2.75, 3.05) is 24.8 Å². The van der Waals surface area contributed by atoms with Crippen LogP contribution < -0.4 is 15.8 Å². The minimum absolute atomic E-state index is 0.0248. The molecule has 0 spiro atoms. The third-order valence-electron chi connectivity index (χ3n) is 3.74. The Morgan fingerprint density at radius 2 is 1.90 bits per heavy atom. The number of hydrogen-bond donors (Lipinski definition) is 2. The molecule has 0 aliphatic heterocycles. The number of halogens is 4. The van der Waals surface area contributed by atoms with E-state index < -0.39 is 25.2 Å². The van der Waals surface area contributed by atoms with Gasteiger partial charge in [-0.15, -0.1) is 0 Å². The first kappa shape index (κ1) is 22.1. The Labute approximate surface area is 173 Å². The van der Waals surface area contributed by atoms with Gasteiger partial charge in [-0.1, -0.05) is 0 Å². The first-order valence-corrected chi connectivity index (χ1v) is 8.74. The molecule has 0 radical (unpaired) electrons. The molecule has 164 valence electrons. The Morgan fingerprint density at radius 1 is 1.13 bits per heavy atom. The molecule has 31 heavy (non-hydrogen) atoms. The second-order valence-electron chi connectivity index (χ2n) is 6.21. The van der Waals surface area contributed by atoms with Crippen molar-refractivity contribution in [1.82, 2.24) is 24.9 Å². The first-order chi connectivity index (χ1) is 14.6. The number of rotatable bonds is 7. The molecule has 9 nitrogen and oxygen atoms in total. The Bertz CT molecular complexity index is 1060. The maximum Gasteiger partial charge on any atom is 0.411 e. The van der Waals surface area contributed by atoms with Crippen molar-refractivity contribution >= 4 is 17.5 Å². The molecule has 3 aromatic heterocycles.